The van der Waals surface area contributed by atoms with Crippen molar-refractivity contribution < 1.29 is 14.3 Å². The predicted octanol–water partition coefficient (Wildman–Crippen LogP) is 3.48. The topological polar surface area (TPSA) is 65.4 Å². The number of rotatable bonds is 6. The standard InChI is InChI=1S/C22H27N3O3/c1-27-18-2-4-19(5-3-18)28-13-25-7-6-20(24-25)22(26)23-21-16-9-14-8-15(11-16)12-17(21)10-14/h2-7,14-17,21H,8-13H2,1H3,(H,23,26). The monoisotopic (exact) mass is 381 g/mol. The third-order valence-electron chi connectivity index (χ3n) is 6.82. The third kappa shape index (κ3) is 3.36. The second-order valence-electron chi connectivity index (χ2n) is 8.62. The Kier molecular flexibility index (Phi) is 4.49. The lowest BCUT2D eigenvalue weighted by Gasteiger charge is -2.54. The molecule has 0 unspecified atom stereocenters. The fourth-order valence-corrected chi connectivity index (χ4v) is 5.75. The van der Waals surface area contributed by atoms with Crippen LogP contribution in [0.3, 0.4) is 0 Å². The van der Waals surface area contributed by atoms with Gasteiger partial charge in [-0.3, -0.25) is 4.79 Å². The zero-order chi connectivity index (χ0) is 19.1. The maximum atomic E-state index is 12.8. The van der Waals surface area contributed by atoms with Crippen LogP contribution in [0.15, 0.2) is 36.5 Å². The maximum Gasteiger partial charge on any atom is 0.272 e. The van der Waals surface area contributed by atoms with Crippen LogP contribution in [0.2, 0.25) is 0 Å². The zero-order valence-corrected chi connectivity index (χ0v) is 16.2. The molecule has 28 heavy (non-hydrogen) atoms. The van der Waals surface area contributed by atoms with E-state index in [2.05, 4.69) is 10.4 Å². The predicted molar refractivity (Wildman–Crippen MR) is 104 cm³/mol. The lowest BCUT2D eigenvalue weighted by atomic mass is 9.54. The summed E-state index contributed by atoms with van der Waals surface area (Å²) in [5.74, 6) is 4.61. The van der Waals surface area contributed by atoms with Crippen LogP contribution in [0.5, 0.6) is 11.5 Å². The second-order valence-corrected chi connectivity index (χ2v) is 8.62. The van der Waals surface area contributed by atoms with Crippen LogP contribution >= 0.6 is 0 Å². The van der Waals surface area contributed by atoms with Crippen LogP contribution in [-0.4, -0.2) is 28.8 Å². The Morgan fingerprint density at radius 3 is 2.32 bits per heavy atom. The highest BCUT2D eigenvalue weighted by atomic mass is 16.5. The average molecular weight is 381 g/mol. The van der Waals surface area contributed by atoms with Gasteiger partial charge in [0.1, 0.15) is 17.2 Å². The van der Waals surface area contributed by atoms with E-state index in [1.165, 1.54) is 32.1 Å². The van der Waals surface area contributed by atoms with Crippen molar-refractivity contribution in [2.45, 2.75) is 44.9 Å². The molecule has 0 atom stereocenters. The number of carbonyl (C=O) groups excluding carboxylic acids is 1. The number of hydrogen-bond donors (Lipinski definition) is 1. The van der Waals surface area contributed by atoms with E-state index in [4.69, 9.17) is 9.47 Å². The first kappa shape index (κ1) is 17.6. The third-order valence-corrected chi connectivity index (χ3v) is 6.82. The summed E-state index contributed by atoms with van der Waals surface area (Å²) in [6, 6.07) is 9.50. The summed E-state index contributed by atoms with van der Waals surface area (Å²) in [7, 11) is 1.63. The lowest BCUT2D eigenvalue weighted by Crippen LogP contribution is -2.55. The van der Waals surface area contributed by atoms with Crippen molar-refractivity contribution in [3.63, 3.8) is 0 Å². The summed E-state index contributed by atoms with van der Waals surface area (Å²) in [6.45, 7) is 0.262. The van der Waals surface area contributed by atoms with Crippen molar-refractivity contribution in [3.8, 4) is 11.5 Å². The Bertz CT molecular complexity index is 817. The van der Waals surface area contributed by atoms with Crippen molar-refractivity contribution in [2.75, 3.05) is 7.11 Å². The van der Waals surface area contributed by atoms with Crippen molar-refractivity contribution in [2.24, 2.45) is 23.7 Å². The fourth-order valence-electron chi connectivity index (χ4n) is 5.75. The molecule has 0 radical (unpaired) electrons. The SMILES string of the molecule is COc1ccc(OCn2ccc(C(=O)NC3C4CC5CC(C4)CC3C5)n2)cc1. The largest absolute Gasteiger partial charge is 0.497 e. The first-order valence-electron chi connectivity index (χ1n) is 10.3. The zero-order valence-electron chi connectivity index (χ0n) is 16.2. The molecule has 1 heterocycles. The van der Waals surface area contributed by atoms with E-state index in [0.717, 1.165) is 23.3 Å². The molecule has 6 nitrogen and oxygen atoms in total. The van der Waals surface area contributed by atoms with Gasteiger partial charge in [0, 0.05) is 12.2 Å². The van der Waals surface area contributed by atoms with Gasteiger partial charge in [-0.15, -0.1) is 0 Å². The van der Waals surface area contributed by atoms with E-state index < -0.39 is 0 Å². The quantitative estimate of drug-likeness (QED) is 0.832. The van der Waals surface area contributed by atoms with Crippen molar-refractivity contribution in [1.82, 2.24) is 15.1 Å². The number of ether oxygens (including phenoxy) is 2. The van der Waals surface area contributed by atoms with Crippen molar-refractivity contribution in [3.05, 3.63) is 42.2 Å². The fraction of sp³-hybridized carbons (Fsp3) is 0.545. The van der Waals surface area contributed by atoms with Gasteiger partial charge in [-0.2, -0.15) is 5.10 Å². The van der Waals surface area contributed by atoms with Crippen LogP contribution in [0.25, 0.3) is 0 Å². The number of nitrogens with one attached hydrogen (secondary N) is 1. The van der Waals surface area contributed by atoms with E-state index >= 15 is 0 Å². The van der Waals surface area contributed by atoms with Gasteiger partial charge in [-0.1, -0.05) is 0 Å². The number of carbonyl (C=O) groups is 1. The van der Waals surface area contributed by atoms with E-state index in [1.807, 2.05) is 24.3 Å². The number of amides is 1. The Hall–Kier alpha value is -2.50. The van der Waals surface area contributed by atoms with E-state index in [9.17, 15) is 4.79 Å². The van der Waals surface area contributed by atoms with Gasteiger partial charge in [0.05, 0.1) is 7.11 Å². The first-order chi connectivity index (χ1) is 13.7. The number of methoxy groups -OCH3 is 1. The summed E-state index contributed by atoms with van der Waals surface area (Å²) >= 11 is 0. The summed E-state index contributed by atoms with van der Waals surface area (Å²) < 4.78 is 12.5. The van der Waals surface area contributed by atoms with Crippen LogP contribution in [0.4, 0.5) is 0 Å². The number of benzene rings is 1. The highest BCUT2D eigenvalue weighted by Crippen LogP contribution is 2.53. The lowest BCUT2D eigenvalue weighted by molar-refractivity contribution is -0.0120. The number of nitrogens with zero attached hydrogens (tertiary/aromatic N) is 2. The summed E-state index contributed by atoms with van der Waals surface area (Å²) in [5, 5.41) is 7.71. The average Bonchev–Trinajstić information content (AvgIpc) is 3.18. The molecule has 1 N–H and O–H groups in total. The molecule has 6 rings (SSSR count). The molecule has 0 saturated heterocycles. The van der Waals surface area contributed by atoms with Crippen molar-refractivity contribution in [1.29, 1.82) is 0 Å². The van der Waals surface area contributed by atoms with Gasteiger partial charge in [-0.25, -0.2) is 4.68 Å². The van der Waals surface area contributed by atoms with Crippen LogP contribution in [0.1, 0.15) is 42.6 Å². The molecule has 1 aromatic heterocycles. The van der Waals surface area contributed by atoms with Crippen LogP contribution in [0, 0.1) is 23.7 Å². The number of hydrogen-bond acceptors (Lipinski definition) is 4. The Balaban J connectivity index is 1.18. The molecule has 2 aromatic rings. The summed E-state index contributed by atoms with van der Waals surface area (Å²) in [5.41, 5.74) is 0.465. The van der Waals surface area contributed by atoms with Gasteiger partial charge in [0.15, 0.2) is 6.73 Å². The Morgan fingerprint density at radius 2 is 1.68 bits per heavy atom. The smallest absolute Gasteiger partial charge is 0.272 e. The van der Waals surface area contributed by atoms with Gasteiger partial charge < -0.3 is 14.8 Å². The molecular formula is C22H27N3O3. The minimum Gasteiger partial charge on any atom is -0.497 e. The van der Waals surface area contributed by atoms with Crippen LogP contribution in [-0.2, 0) is 6.73 Å². The molecule has 4 saturated carbocycles. The molecule has 4 fully saturated rings. The highest BCUT2D eigenvalue weighted by Gasteiger charge is 2.48. The molecule has 4 aliphatic carbocycles. The molecule has 0 spiro atoms. The molecule has 4 aliphatic rings. The summed E-state index contributed by atoms with van der Waals surface area (Å²) in [4.78, 5) is 12.8. The molecular weight excluding hydrogens is 354 g/mol. The van der Waals surface area contributed by atoms with Crippen molar-refractivity contribution >= 4 is 5.91 Å². The van der Waals surface area contributed by atoms with Gasteiger partial charge in [-0.05, 0) is 86.1 Å². The van der Waals surface area contributed by atoms with E-state index in [0.29, 0.717) is 23.6 Å². The van der Waals surface area contributed by atoms with Gasteiger partial charge in [0.25, 0.3) is 5.91 Å². The molecule has 148 valence electrons. The Morgan fingerprint density at radius 1 is 1.04 bits per heavy atom. The molecule has 1 aromatic carbocycles. The normalized spacial score (nSPS) is 30.2. The number of aromatic nitrogens is 2. The second kappa shape index (κ2) is 7.15. The molecule has 6 heteroatoms. The van der Waals surface area contributed by atoms with Crippen LogP contribution < -0.4 is 14.8 Å². The highest BCUT2D eigenvalue weighted by molar-refractivity contribution is 5.92. The van der Waals surface area contributed by atoms with Gasteiger partial charge >= 0.3 is 0 Å². The Labute approximate surface area is 165 Å². The van der Waals surface area contributed by atoms with E-state index in [1.54, 1.807) is 24.1 Å². The first-order valence-corrected chi connectivity index (χ1v) is 10.3. The van der Waals surface area contributed by atoms with Gasteiger partial charge in [0.2, 0.25) is 0 Å². The summed E-state index contributed by atoms with van der Waals surface area (Å²) in [6.07, 6.45) is 8.38. The molecule has 1 amide bonds. The molecule has 0 aliphatic heterocycles. The minimum atomic E-state index is -0.0549. The molecule has 4 bridgehead atoms. The maximum absolute atomic E-state index is 12.8. The van der Waals surface area contributed by atoms with E-state index in [-0.39, 0.29) is 12.6 Å². The minimum absolute atomic E-state index is 0.0549.